The molecule has 0 bridgehead atoms. The summed E-state index contributed by atoms with van der Waals surface area (Å²) < 4.78 is 5.68. The van der Waals surface area contributed by atoms with Crippen molar-refractivity contribution in [1.82, 2.24) is 9.97 Å². The molecule has 2 aromatic rings. The van der Waals surface area contributed by atoms with E-state index < -0.39 is 5.91 Å². The highest BCUT2D eigenvalue weighted by atomic mass is 16.5. The molecule has 0 aliphatic heterocycles. The van der Waals surface area contributed by atoms with Crippen LogP contribution in [0.2, 0.25) is 0 Å². The third kappa shape index (κ3) is 3.92. The minimum absolute atomic E-state index is 0.317. The van der Waals surface area contributed by atoms with Crippen molar-refractivity contribution in [2.24, 2.45) is 5.73 Å². The van der Waals surface area contributed by atoms with E-state index in [1.165, 1.54) is 0 Å². The van der Waals surface area contributed by atoms with Crippen LogP contribution < -0.4 is 15.8 Å². The maximum Gasteiger partial charge on any atom is 0.252 e. The fraction of sp³-hybridized carbons (Fsp3) is 0.267. The summed E-state index contributed by atoms with van der Waals surface area (Å²) in [5.41, 5.74) is 5.65. The summed E-state index contributed by atoms with van der Waals surface area (Å²) in [5.74, 6) is 1.48. The molecule has 1 aromatic carbocycles. The van der Waals surface area contributed by atoms with Gasteiger partial charge in [-0.25, -0.2) is 4.98 Å². The molecule has 0 spiro atoms. The van der Waals surface area contributed by atoms with Crippen LogP contribution in [0.5, 0.6) is 11.6 Å². The molecule has 6 nitrogen and oxygen atoms in total. The molecule has 1 heterocycles. The SMILES string of the molecule is CCCNc1cc(Oc2ccccc2C(N)=O)nc(C)n1. The molecule has 0 atom stereocenters. The van der Waals surface area contributed by atoms with Gasteiger partial charge in [-0.3, -0.25) is 4.79 Å². The van der Waals surface area contributed by atoms with E-state index in [4.69, 9.17) is 10.5 Å². The zero-order valence-electron chi connectivity index (χ0n) is 12.1. The zero-order chi connectivity index (χ0) is 15.2. The predicted octanol–water partition coefficient (Wildman–Crippen LogP) is 2.50. The van der Waals surface area contributed by atoms with E-state index in [1.807, 2.05) is 0 Å². The van der Waals surface area contributed by atoms with Gasteiger partial charge in [-0.15, -0.1) is 0 Å². The van der Waals surface area contributed by atoms with E-state index in [2.05, 4.69) is 22.2 Å². The van der Waals surface area contributed by atoms with Crippen molar-refractivity contribution >= 4 is 11.7 Å². The van der Waals surface area contributed by atoms with E-state index in [-0.39, 0.29) is 0 Å². The highest BCUT2D eigenvalue weighted by Crippen LogP contribution is 2.25. The second-order valence-corrected chi connectivity index (χ2v) is 4.53. The molecule has 0 saturated heterocycles. The number of amides is 1. The van der Waals surface area contributed by atoms with Crippen LogP contribution in [0, 0.1) is 6.92 Å². The highest BCUT2D eigenvalue weighted by Gasteiger charge is 2.11. The Hall–Kier alpha value is -2.63. The molecular formula is C15H18N4O2. The number of nitrogens with zero attached hydrogens (tertiary/aromatic N) is 2. The first-order chi connectivity index (χ1) is 10.1. The number of aryl methyl sites for hydroxylation is 1. The average Bonchev–Trinajstić information content (AvgIpc) is 2.45. The quantitative estimate of drug-likeness (QED) is 0.851. The lowest BCUT2D eigenvalue weighted by Crippen LogP contribution is -2.12. The molecule has 0 radical (unpaired) electrons. The van der Waals surface area contributed by atoms with E-state index >= 15 is 0 Å². The molecule has 0 saturated carbocycles. The maximum atomic E-state index is 11.4. The van der Waals surface area contributed by atoms with Crippen molar-refractivity contribution in [3.63, 3.8) is 0 Å². The van der Waals surface area contributed by atoms with Gasteiger partial charge >= 0.3 is 0 Å². The Morgan fingerprint density at radius 1 is 1.33 bits per heavy atom. The molecule has 0 aliphatic carbocycles. The van der Waals surface area contributed by atoms with Gasteiger partial charge in [0.05, 0.1) is 5.56 Å². The number of carbonyl (C=O) groups is 1. The van der Waals surface area contributed by atoms with E-state index in [0.29, 0.717) is 28.8 Å². The molecule has 110 valence electrons. The number of para-hydroxylation sites is 1. The van der Waals surface area contributed by atoms with E-state index in [1.54, 1.807) is 37.3 Å². The number of anilines is 1. The minimum Gasteiger partial charge on any atom is -0.438 e. The summed E-state index contributed by atoms with van der Waals surface area (Å²) >= 11 is 0. The molecule has 1 amide bonds. The van der Waals surface area contributed by atoms with Gasteiger partial charge < -0.3 is 15.8 Å². The number of rotatable bonds is 6. The third-order valence-corrected chi connectivity index (χ3v) is 2.74. The number of nitrogens with one attached hydrogen (secondary N) is 1. The van der Waals surface area contributed by atoms with E-state index in [9.17, 15) is 4.79 Å². The normalized spacial score (nSPS) is 10.2. The van der Waals surface area contributed by atoms with Gasteiger partial charge in [0.15, 0.2) is 0 Å². The van der Waals surface area contributed by atoms with Crippen molar-refractivity contribution < 1.29 is 9.53 Å². The molecule has 6 heteroatoms. The fourth-order valence-corrected chi connectivity index (χ4v) is 1.81. The van der Waals surface area contributed by atoms with Gasteiger partial charge in [-0.05, 0) is 25.5 Å². The van der Waals surface area contributed by atoms with Crippen molar-refractivity contribution in [2.45, 2.75) is 20.3 Å². The number of aromatic nitrogens is 2. The second-order valence-electron chi connectivity index (χ2n) is 4.53. The second kappa shape index (κ2) is 6.69. The van der Waals surface area contributed by atoms with Crippen LogP contribution in [0.1, 0.15) is 29.5 Å². The van der Waals surface area contributed by atoms with Gasteiger partial charge in [0.2, 0.25) is 5.88 Å². The van der Waals surface area contributed by atoms with Gasteiger partial charge in [0.1, 0.15) is 17.4 Å². The summed E-state index contributed by atoms with van der Waals surface area (Å²) in [6.45, 7) is 4.67. The monoisotopic (exact) mass is 286 g/mol. The fourth-order valence-electron chi connectivity index (χ4n) is 1.81. The van der Waals surface area contributed by atoms with Gasteiger partial charge in [0, 0.05) is 12.6 Å². The van der Waals surface area contributed by atoms with Gasteiger partial charge in [-0.2, -0.15) is 4.98 Å². The first kappa shape index (κ1) is 14.8. The van der Waals surface area contributed by atoms with Crippen LogP contribution in [-0.2, 0) is 0 Å². The first-order valence-corrected chi connectivity index (χ1v) is 6.76. The number of ether oxygens (including phenoxy) is 1. The van der Waals surface area contributed by atoms with Crippen LogP contribution in [-0.4, -0.2) is 22.4 Å². The highest BCUT2D eigenvalue weighted by molar-refractivity contribution is 5.95. The lowest BCUT2D eigenvalue weighted by Gasteiger charge is -2.10. The summed E-state index contributed by atoms with van der Waals surface area (Å²) in [6.07, 6.45) is 0.990. The lowest BCUT2D eigenvalue weighted by molar-refractivity contribution is 0.0998. The van der Waals surface area contributed by atoms with Crippen molar-refractivity contribution in [3.8, 4) is 11.6 Å². The lowest BCUT2D eigenvalue weighted by atomic mass is 10.2. The number of benzene rings is 1. The molecular weight excluding hydrogens is 268 g/mol. The smallest absolute Gasteiger partial charge is 0.252 e. The standard InChI is InChI=1S/C15H18N4O2/c1-3-8-17-13-9-14(19-10(2)18-13)21-12-7-5-4-6-11(12)15(16)20/h4-7,9H,3,8H2,1-2H3,(H2,16,20)(H,17,18,19). The zero-order valence-corrected chi connectivity index (χ0v) is 12.1. The molecule has 2 rings (SSSR count). The molecule has 21 heavy (non-hydrogen) atoms. The molecule has 0 unspecified atom stereocenters. The maximum absolute atomic E-state index is 11.4. The number of carbonyl (C=O) groups excluding carboxylic acids is 1. The Labute approximate surface area is 123 Å². The molecule has 0 aliphatic rings. The van der Waals surface area contributed by atoms with Crippen molar-refractivity contribution in [3.05, 3.63) is 41.7 Å². The third-order valence-electron chi connectivity index (χ3n) is 2.74. The predicted molar refractivity (Wildman–Crippen MR) is 80.6 cm³/mol. The summed E-state index contributed by atoms with van der Waals surface area (Å²) in [4.78, 5) is 19.9. The molecule has 0 fully saturated rings. The summed E-state index contributed by atoms with van der Waals surface area (Å²) in [6, 6.07) is 8.48. The Morgan fingerprint density at radius 2 is 2.10 bits per heavy atom. The van der Waals surface area contributed by atoms with Crippen LogP contribution in [0.3, 0.4) is 0 Å². The largest absolute Gasteiger partial charge is 0.438 e. The van der Waals surface area contributed by atoms with Gasteiger partial charge in [-0.1, -0.05) is 19.1 Å². The topological polar surface area (TPSA) is 90.1 Å². The minimum atomic E-state index is -0.541. The number of primary amides is 1. The number of hydrogen-bond acceptors (Lipinski definition) is 5. The summed E-state index contributed by atoms with van der Waals surface area (Å²) in [7, 11) is 0. The van der Waals surface area contributed by atoms with Crippen molar-refractivity contribution in [2.75, 3.05) is 11.9 Å². The number of hydrogen-bond donors (Lipinski definition) is 2. The first-order valence-electron chi connectivity index (χ1n) is 6.76. The molecule has 1 aromatic heterocycles. The van der Waals surface area contributed by atoms with Crippen LogP contribution in [0.25, 0.3) is 0 Å². The van der Waals surface area contributed by atoms with Crippen LogP contribution in [0.15, 0.2) is 30.3 Å². The van der Waals surface area contributed by atoms with Crippen molar-refractivity contribution in [1.29, 1.82) is 0 Å². The average molecular weight is 286 g/mol. The van der Waals surface area contributed by atoms with Crippen LogP contribution >= 0.6 is 0 Å². The van der Waals surface area contributed by atoms with Gasteiger partial charge in [0.25, 0.3) is 5.91 Å². The Morgan fingerprint density at radius 3 is 2.81 bits per heavy atom. The Balaban J connectivity index is 2.27. The molecule has 3 N–H and O–H groups in total. The Bertz CT molecular complexity index is 643. The number of nitrogens with two attached hydrogens (primary N) is 1. The van der Waals surface area contributed by atoms with Crippen LogP contribution in [0.4, 0.5) is 5.82 Å². The van der Waals surface area contributed by atoms with E-state index in [0.717, 1.165) is 13.0 Å². The Kier molecular flexibility index (Phi) is 4.71. The summed E-state index contributed by atoms with van der Waals surface area (Å²) in [5, 5.41) is 3.18.